The quantitative estimate of drug-likeness (QED) is 0.499. The van der Waals surface area contributed by atoms with Crippen LogP contribution < -0.4 is 0 Å². The van der Waals surface area contributed by atoms with Crippen LogP contribution in [0.2, 0.25) is 0 Å². The third-order valence-electron chi connectivity index (χ3n) is 2.82. The number of phenols is 1. The molecule has 0 atom stereocenters. The number of benzene rings is 2. The number of fused-ring (bicyclic) bond motifs is 4. The monoisotopic (exact) mass is 213 g/mol. The molecule has 0 amide bonds. The topological polar surface area (TPSA) is 63.4 Å². The van der Waals surface area contributed by atoms with Crippen molar-refractivity contribution >= 4 is 5.69 Å². The Kier molecular flexibility index (Phi) is 1.57. The second kappa shape index (κ2) is 2.82. The molecule has 78 valence electrons. The van der Waals surface area contributed by atoms with Gasteiger partial charge in [0.1, 0.15) is 0 Å². The van der Waals surface area contributed by atoms with E-state index in [-0.39, 0.29) is 11.4 Å². The minimum Gasteiger partial charge on any atom is -0.502 e. The zero-order valence-corrected chi connectivity index (χ0v) is 8.18. The molecular formula is C12H7NO3. The molecule has 0 saturated heterocycles. The number of hydrogen-bond donors (Lipinski definition) is 1. The van der Waals surface area contributed by atoms with Gasteiger partial charge in [-0.1, -0.05) is 24.3 Å². The summed E-state index contributed by atoms with van der Waals surface area (Å²) in [6.07, 6.45) is 0. The summed E-state index contributed by atoms with van der Waals surface area (Å²) in [6, 6.07) is 10.5. The Morgan fingerprint density at radius 2 is 1.56 bits per heavy atom. The molecule has 0 saturated carbocycles. The molecule has 0 heterocycles. The minimum absolute atomic E-state index is 0.242. The summed E-state index contributed by atoms with van der Waals surface area (Å²) in [5.74, 6) is -0.279. The van der Waals surface area contributed by atoms with Crippen LogP contribution in [0.5, 0.6) is 5.75 Å². The zero-order chi connectivity index (χ0) is 11.3. The molecular weight excluding hydrogens is 206 g/mol. The maximum Gasteiger partial charge on any atom is 0.311 e. The fourth-order valence-electron chi connectivity index (χ4n) is 2.06. The van der Waals surface area contributed by atoms with Crippen LogP contribution >= 0.6 is 0 Å². The van der Waals surface area contributed by atoms with Crippen LogP contribution in [0.3, 0.4) is 0 Å². The highest BCUT2D eigenvalue weighted by molar-refractivity contribution is 6.03. The molecule has 4 nitrogen and oxygen atoms in total. The van der Waals surface area contributed by atoms with Gasteiger partial charge in [-0.3, -0.25) is 10.1 Å². The van der Waals surface area contributed by atoms with Crippen LogP contribution in [0.25, 0.3) is 22.3 Å². The zero-order valence-electron chi connectivity index (χ0n) is 8.18. The average Bonchev–Trinajstić information content (AvgIpc) is 2.26. The fourth-order valence-corrected chi connectivity index (χ4v) is 2.06. The summed E-state index contributed by atoms with van der Waals surface area (Å²) in [6.45, 7) is 0. The highest BCUT2D eigenvalue weighted by atomic mass is 16.6. The van der Waals surface area contributed by atoms with Gasteiger partial charge in [-0.2, -0.15) is 0 Å². The Hall–Kier alpha value is -2.36. The highest BCUT2D eigenvalue weighted by Crippen LogP contribution is 2.50. The largest absolute Gasteiger partial charge is 0.502 e. The molecule has 0 spiro atoms. The van der Waals surface area contributed by atoms with E-state index in [1.54, 1.807) is 0 Å². The van der Waals surface area contributed by atoms with Gasteiger partial charge in [-0.25, -0.2) is 0 Å². The van der Waals surface area contributed by atoms with Crippen LogP contribution in [-0.2, 0) is 0 Å². The number of rotatable bonds is 1. The van der Waals surface area contributed by atoms with Gasteiger partial charge >= 0.3 is 5.69 Å². The maximum absolute atomic E-state index is 10.7. The number of phenolic OH excluding ortho intramolecular Hbond substituents is 1. The molecule has 1 N–H and O–H groups in total. The normalized spacial score (nSPS) is 11.2. The molecule has 3 rings (SSSR count). The molecule has 16 heavy (non-hydrogen) atoms. The van der Waals surface area contributed by atoms with Crippen LogP contribution in [0.1, 0.15) is 0 Å². The summed E-state index contributed by atoms with van der Waals surface area (Å²) in [7, 11) is 0. The minimum atomic E-state index is -0.573. The van der Waals surface area contributed by atoms with E-state index in [1.807, 2.05) is 24.3 Å². The molecule has 2 aromatic rings. The van der Waals surface area contributed by atoms with Gasteiger partial charge in [0.05, 0.1) is 4.92 Å². The lowest BCUT2D eigenvalue weighted by molar-refractivity contribution is -0.385. The highest BCUT2D eigenvalue weighted by Gasteiger charge is 2.27. The summed E-state index contributed by atoms with van der Waals surface area (Å²) >= 11 is 0. The van der Waals surface area contributed by atoms with Crippen molar-refractivity contribution in [3.63, 3.8) is 0 Å². The van der Waals surface area contributed by atoms with Crippen LogP contribution in [0, 0.1) is 10.1 Å². The number of aromatic hydroxyl groups is 1. The lowest BCUT2D eigenvalue weighted by Gasteiger charge is -2.23. The molecule has 2 aromatic carbocycles. The average molecular weight is 213 g/mol. The Bertz CT molecular complexity index is 620. The Morgan fingerprint density at radius 1 is 1.00 bits per heavy atom. The molecule has 4 heteroatoms. The van der Waals surface area contributed by atoms with Crippen molar-refractivity contribution < 1.29 is 10.0 Å². The summed E-state index contributed by atoms with van der Waals surface area (Å²) in [4.78, 5) is 10.1. The van der Waals surface area contributed by atoms with Gasteiger partial charge < -0.3 is 5.11 Å². The summed E-state index contributed by atoms with van der Waals surface area (Å²) in [5.41, 5.74) is 3.50. The maximum atomic E-state index is 10.7. The van der Waals surface area contributed by atoms with Gasteiger partial charge in [-0.15, -0.1) is 0 Å². The van der Waals surface area contributed by atoms with Gasteiger partial charge in [0, 0.05) is 6.07 Å². The van der Waals surface area contributed by atoms with E-state index in [4.69, 9.17) is 0 Å². The van der Waals surface area contributed by atoms with E-state index in [9.17, 15) is 15.2 Å². The predicted octanol–water partition coefficient (Wildman–Crippen LogP) is 2.95. The van der Waals surface area contributed by atoms with E-state index in [2.05, 4.69) is 0 Å². The van der Waals surface area contributed by atoms with Crippen molar-refractivity contribution in [2.24, 2.45) is 0 Å². The van der Waals surface area contributed by atoms with Crippen molar-refractivity contribution in [1.82, 2.24) is 0 Å². The molecule has 0 bridgehead atoms. The summed E-state index contributed by atoms with van der Waals surface area (Å²) < 4.78 is 0. The Balaban J connectivity index is 2.24. The van der Waals surface area contributed by atoms with Crippen molar-refractivity contribution in [3.8, 4) is 28.0 Å². The van der Waals surface area contributed by atoms with Gasteiger partial charge in [-0.05, 0) is 28.3 Å². The number of nitrogens with zero attached hydrogens (tertiary/aromatic N) is 1. The SMILES string of the molecule is O=[N+]([O-])c1cc2c(cc1O)-c1ccccc1-2. The van der Waals surface area contributed by atoms with Gasteiger partial charge in [0.15, 0.2) is 5.75 Å². The molecule has 0 aliphatic heterocycles. The number of nitro groups is 1. The third kappa shape index (κ3) is 0.982. The van der Waals surface area contributed by atoms with Crippen molar-refractivity contribution in [3.05, 3.63) is 46.5 Å². The molecule has 1 aliphatic carbocycles. The van der Waals surface area contributed by atoms with Crippen molar-refractivity contribution in [1.29, 1.82) is 0 Å². The first-order valence-electron chi connectivity index (χ1n) is 4.79. The van der Waals surface area contributed by atoms with E-state index in [0.717, 1.165) is 22.3 Å². The van der Waals surface area contributed by atoms with E-state index in [1.165, 1.54) is 12.1 Å². The lowest BCUT2D eigenvalue weighted by atomic mass is 9.80. The molecule has 0 fully saturated rings. The summed E-state index contributed by atoms with van der Waals surface area (Å²) in [5, 5.41) is 20.2. The Labute approximate surface area is 90.9 Å². The molecule has 0 radical (unpaired) electrons. The van der Waals surface area contributed by atoms with Gasteiger partial charge in [0.2, 0.25) is 0 Å². The molecule has 0 aromatic heterocycles. The lowest BCUT2D eigenvalue weighted by Crippen LogP contribution is -2.00. The van der Waals surface area contributed by atoms with E-state index < -0.39 is 4.92 Å². The van der Waals surface area contributed by atoms with E-state index >= 15 is 0 Å². The first-order chi connectivity index (χ1) is 7.68. The predicted molar refractivity (Wildman–Crippen MR) is 59.2 cm³/mol. The fraction of sp³-hybridized carbons (Fsp3) is 0. The van der Waals surface area contributed by atoms with Crippen molar-refractivity contribution in [2.45, 2.75) is 0 Å². The van der Waals surface area contributed by atoms with Crippen LogP contribution in [0.15, 0.2) is 36.4 Å². The van der Waals surface area contributed by atoms with Crippen molar-refractivity contribution in [2.75, 3.05) is 0 Å². The van der Waals surface area contributed by atoms with Crippen LogP contribution in [-0.4, -0.2) is 10.0 Å². The second-order valence-corrected chi connectivity index (χ2v) is 3.69. The Morgan fingerprint density at radius 3 is 2.12 bits per heavy atom. The van der Waals surface area contributed by atoms with E-state index in [0.29, 0.717) is 0 Å². The van der Waals surface area contributed by atoms with Gasteiger partial charge in [0.25, 0.3) is 0 Å². The number of nitro benzene ring substituents is 1. The second-order valence-electron chi connectivity index (χ2n) is 3.69. The third-order valence-corrected chi connectivity index (χ3v) is 2.82. The number of hydrogen-bond acceptors (Lipinski definition) is 3. The molecule has 0 unspecified atom stereocenters. The molecule has 1 aliphatic rings. The first kappa shape index (κ1) is 8.91. The first-order valence-corrected chi connectivity index (χ1v) is 4.79. The van der Waals surface area contributed by atoms with Crippen LogP contribution in [0.4, 0.5) is 5.69 Å². The standard InChI is InChI=1S/C12H7NO3/c14-12-6-10-8-4-2-1-3-7(8)9(10)5-11(12)13(15)16/h1-6,14H. The smallest absolute Gasteiger partial charge is 0.311 e.